The monoisotopic (exact) mass is 566 g/mol. The predicted octanol–water partition coefficient (Wildman–Crippen LogP) is 6.50. The number of hydrogen-bond acceptors (Lipinski definition) is 1. The molecule has 0 saturated carbocycles. The lowest BCUT2D eigenvalue weighted by Crippen LogP contribution is -2.07. The second kappa shape index (κ2) is 6.57. The zero-order valence-electron chi connectivity index (χ0n) is 9.34. The Morgan fingerprint density at radius 1 is 1.00 bits per heavy atom. The van der Waals surface area contributed by atoms with Gasteiger partial charge in [-0.3, -0.25) is 0 Å². The fourth-order valence-electron chi connectivity index (χ4n) is 1.43. The molecule has 0 unspecified atom stereocenters. The van der Waals surface area contributed by atoms with Gasteiger partial charge in [-0.2, -0.15) is 8.78 Å². The Morgan fingerprint density at radius 3 is 2.05 bits per heavy atom. The molecular weight excluding hydrogens is 560 g/mol. The molecule has 6 heteroatoms. The van der Waals surface area contributed by atoms with E-state index < -0.39 is 5.25 Å². The van der Waals surface area contributed by atoms with Crippen molar-refractivity contribution in [1.29, 1.82) is 0 Å². The lowest BCUT2D eigenvalue weighted by Gasteiger charge is -2.16. The molecule has 0 fully saturated rings. The van der Waals surface area contributed by atoms with Crippen LogP contribution in [0.5, 0.6) is 0 Å². The van der Waals surface area contributed by atoms with Gasteiger partial charge in [-0.25, -0.2) is 0 Å². The first-order valence-electron chi connectivity index (χ1n) is 5.17. The highest BCUT2D eigenvalue weighted by Gasteiger charge is 2.33. The molecule has 19 heavy (non-hydrogen) atoms. The Morgan fingerprint density at radius 2 is 1.53 bits per heavy atom. The quantitative estimate of drug-likeness (QED) is 0.232. The zero-order chi connectivity index (χ0) is 14.0. The molecule has 0 N–H and O–H groups in total. The van der Waals surface area contributed by atoms with Crippen LogP contribution in [0.2, 0.25) is 0 Å². The summed E-state index contributed by atoms with van der Waals surface area (Å²) in [5.41, 5.74) is 0.0212. The van der Waals surface area contributed by atoms with E-state index in [1.807, 2.05) is 0 Å². The van der Waals surface area contributed by atoms with Gasteiger partial charge in [0.2, 0.25) is 0 Å². The number of halogens is 5. The Balaban J connectivity index is 2.31. The zero-order valence-corrected chi connectivity index (χ0v) is 16.1. The molecule has 0 aliphatic heterocycles. The van der Waals surface area contributed by atoms with Crippen molar-refractivity contribution in [2.45, 2.75) is 10.2 Å². The SMILES string of the molecule is FC(F)(Sc1cc(I)c(Br)c(I)c1)c1ccccc1. The van der Waals surface area contributed by atoms with E-state index in [2.05, 4.69) is 61.1 Å². The van der Waals surface area contributed by atoms with E-state index >= 15 is 0 Å². The van der Waals surface area contributed by atoms with Crippen molar-refractivity contribution in [3.05, 3.63) is 59.6 Å². The summed E-state index contributed by atoms with van der Waals surface area (Å²) in [5.74, 6) is 0. The fourth-order valence-corrected chi connectivity index (χ4v) is 4.75. The van der Waals surface area contributed by atoms with Gasteiger partial charge in [0.05, 0.1) is 0 Å². The third-order valence-electron chi connectivity index (χ3n) is 2.31. The Labute approximate surface area is 150 Å². The van der Waals surface area contributed by atoms with Gasteiger partial charge in [-0.15, -0.1) is 0 Å². The summed E-state index contributed by atoms with van der Waals surface area (Å²) in [4.78, 5) is 0.561. The van der Waals surface area contributed by atoms with Crippen LogP contribution in [0.25, 0.3) is 0 Å². The summed E-state index contributed by atoms with van der Waals surface area (Å²) in [6.07, 6.45) is 0. The summed E-state index contributed by atoms with van der Waals surface area (Å²) in [5, 5.41) is -2.93. The number of rotatable bonds is 3. The van der Waals surface area contributed by atoms with Crippen molar-refractivity contribution in [1.82, 2.24) is 0 Å². The van der Waals surface area contributed by atoms with Gasteiger partial charge in [0.15, 0.2) is 0 Å². The van der Waals surface area contributed by atoms with E-state index in [0.717, 1.165) is 11.6 Å². The number of benzene rings is 2. The topological polar surface area (TPSA) is 0 Å². The van der Waals surface area contributed by atoms with Gasteiger partial charge >= 0.3 is 5.25 Å². The molecule has 0 radical (unpaired) electrons. The Kier molecular flexibility index (Phi) is 5.52. The summed E-state index contributed by atoms with van der Waals surface area (Å²) in [7, 11) is 0. The average molecular weight is 567 g/mol. The molecule has 0 bridgehead atoms. The van der Waals surface area contributed by atoms with E-state index in [0.29, 0.717) is 16.7 Å². The van der Waals surface area contributed by atoms with Crippen molar-refractivity contribution in [2.75, 3.05) is 0 Å². The highest BCUT2D eigenvalue weighted by atomic mass is 127. The van der Waals surface area contributed by atoms with E-state index in [1.165, 1.54) is 12.1 Å². The van der Waals surface area contributed by atoms with E-state index in [4.69, 9.17) is 0 Å². The maximum Gasteiger partial charge on any atom is 0.323 e. The van der Waals surface area contributed by atoms with Crippen molar-refractivity contribution in [2.24, 2.45) is 0 Å². The van der Waals surface area contributed by atoms with Crippen LogP contribution in [-0.2, 0) is 5.25 Å². The fraction of sp³-hybridized carbons (Fsp3) is 0.0769. The molecule has 2 rings (SSSR count). The molecule has 0 nitrogen and oxygen atoms in total. The minimum absolute atomic E-state index is 0.0212. The predicted molar refractivity (Wildman–Crippen MR) is 95.8 cm³/mol. The van der Waals surface area contributed by atoms with Crippen molar-refractivity contribution in [3.8, 4) is 0 Å². The molecule has 0 heterocycles. The summed E-state index contributed by atoms with van der Waals surface area (Å²) in [6.45, 7) is 0. The highest BCUT2D eigenvalue weighted by molar-refractivity contribution is 14.1. The standard InChI is InChI=1S/C13H7BrF2I2S/c14-12-10(17)6-9(7-11(12)18)19-13(15,16)8-4-2-1-3-5-8/h1-7H. The van der Waals surface area contributed by atoms with Crippen LogP contribution in [0.3, 0.4) is 0 Å². The maximum absolute atomic E-state index is 14.2. The molecule has 0 atom stereocenters. The van der Waals surface area contributed by atoms with Crippen molar-refractivity contribution >= 4 is 72.9 Å². The third kappa shape index (κ3) is 4.04. The van der Waals surface area contributed by atoms with E-state index in [9.17, 15) is 8.78 Å². The smallest absolute Gasteiger partial charge is 0.188 e. The first-order valence-corrected chi connectivity index (χ1v) is 8.94. The number of hydrogen-bond donors (Lipinski definition) is 0. The van der Waals surface area contributed by atoms with Crippen LogP contribution in [0, 0.1) is 7.14 Å². The van der Waals surface area contributed by atoms with Gasteiger partial charge in [-0.1, -0.05) is 30.3 Å². The van der Waals surface area contributed by atoms with Gasteiger partial charge in [0, 0.05) is 22.1 Å². The average Bonchev–Trinajstić information content (AvgIpc) is 2.36. The number of alkyl halides is 2. The lowest BCUT2D eigenvalue weighted by atomic mass is 10.2. The summed E-state index contributed by atoms with van der Waals surface area (Å²) in [6, 6.07) is 11.4. The normalized spacial score (nSPS) is 11.6. The summed E-state index contributed by atoms with van der Waals surface area (Å²) < 4.78 is 31.1. The van der Waals surface area contributed by atoms with E-state index in [-0.39, 0.29) is 5.56 Å². The second-order valence-electron chi connectivity index (χ2n) is 3.69. The highest BCUT2D eigenvalue weighted by Crippen LogP contribution is 2.45. The third-order valence-corrected chi connectivity index (χ3v) is 7.32. The minimum atomic E-state index is -2.93. The van der Waals surface area contributed by atoms with Gasteiger partial charge < -0.3 is 0 Å². The first-order chi connectivity index (χ1) is 8.90. The molecule has 0 spiro atoms. The van der Waals surface area contributed by atoms with Crippen molar-refractivity contribution < 1.29 is 8.78 Å². The Bertz CT molecular complexity index is 567. The summed E-state index contributed by atoms with van der Waals surface area (Å²) >= 11 is 8.26. The maximum atomic E-state index is 14.2. The van der Waals surface area contributed by atoms with Gasteiger partial charge in [-0.05, 0) is 85.0 Å². The lowest BCUT2D eigenvalue weighted by molar-refractivity contribution is 0.105. The van der Waals surface area contributed by atoms with Crippen molar-refractivity contribution in [3.63, 3.8) is 0 Å². The van der Waals surface area contributed by atoms with Gasteiger partial charge in [0.25, 0.3) is 0 Å². The van der Waals surface area contributed by atoms with Gasteiger partial charge in [0.1, 0.15) is 0 Å². The molecule has 0 amide bonds. The van der Waals surface area contributed by atoms with Crippen LogP contribution in [0.4, 0.5) is 8.78 Å². The van der Waals surface area contributed by atoms with Crippen LogP contribution >= 0.6 is 72.9 Å². The molecule has 100 valence electrons. The molecule has 2 aromatic rings. The first kappa shape index (κ1) is 16.0. The molecule has 0 aliphatic carbocycles. The molecule has 0 aliphatic rings. The van der Waals surface area contributed by atoms with Crippen LogP contribution < -0.4 is 0 Å². The molecule has 2 aromatic carbocycles. The minimum Gasteiger partial charge on any atom is -0.188 e. The van der Waals surface area contributed by atoms with Crippen LogP contribution in [0.15, 0.2) is 51.8 Å². The Hall–Kier alpha value is 0.590. The molecular formula is C13H7BrF2I2S. The molecule has 0 saturated heterocycles. The van der Waals surface area contributed by atoms with E-state index in [1.54, 1.807) is 30.3 Å². The molecule has 0 aromatic heterocycles. The second-order valence-corrected chi connectivity index (χ2v) is 7.99. The largest absolute Gasteiger partial charge is 0.323 e. The number of thioether (sulfide) groups is 1. The van der Waals surface area contributed by atoms with Crippen LogP contribution in [0.1, 0.15) is 5.56 Å². The van der Waals surface area contributed by atoms with Crippen LogP contribution in [-0.4, -0.2) is 0 Å².